The van der Waals surface area contributed by atoms with E-state index in [0.29, 0.717) is 11.2 Å². The van der Waals surface area contributed by atoms with Crippen molar-refractivity contribution >= 4 is 65.5 Å². The molecule has 1 aromatic carbocycles. The van der Waals surface area contributed by atoms with E-state index in [-0.39, 0.29) is 10.6 Å². The topological polar surface area (TPSA) is 124 Å². The van der Waals surface area contributed by atoms with Crippen molar-refractivity contribution in [3.05, 3.63) is 45.1 Å². The lowest BCUT2D eigenvalue weighted by Crippen LogP contribution is -2.28. The SMILES string of the molecule is COC(=O)c1c(NC(=O)CS(=O)(=O)CC(=O)N=c2sc3ccccc3n2C)sc2c1CCCC2. The Kier molecular flexibility index (Phi) is 7.01. The van der Waals surface area contributed by atoms with Gasteiger partial charge in [0, 0.05) is 11.9 Å². The van der Waals surface area contributed by atoms with E-state index >= 15 is 0 Å². The molecule has 0 radical (unpaired) electrons. The fraction of sp³-hybridized carbons (Fsp3) is 0.364. The zero-order valence-electron chi connectivity index (χ0n) is 18.6. The third-order valence-corrected chi connectivity index (χ3v) is 9.15. The molecule has 2 aromatic heterocycles. The van der Waals surface area contributed by atoms with Gasteiger partial charge < -0.3 is 14.6 Å². The number of benzene rings is 1. The van der Waals surface area contributed by atoms with Crippen LogP contribution in [0.4, 0.5) is 5.00 Å². The Bertz CT molecular complexity index is 1460. The predicted octanol–water partition coefficient (Wildman–Crippen LogP) is 2.45. The molecule has 0 bridgehead atoms. The number of thiazole rings is 1. The Morgan fingerprint density at radius 3 is 2.59 bits per heavy atom. The van der Waals surface area contributed by atoms with Crippen LogP contribution in [-0.4, -0.2) is 49.4 Å². The highest BCUT2D eigenvalue weighted by Crippen LogP contribution is 2.38. The molecule has 9 nitrogen and oxygen atoms in total. The maximum Gasteiger partial charge on any atom is 0.341 e. The molecule has 1 aliphatic carbocycles. The van der Waals surface area contributed by atoms with Crippen LogP contribution < -0.4 is 10.1 Å². The smallest absolute Gasteiger partial charge is 0.341 e. The number of rotatable bonds is 6. The average Bonchev–Trinajstić information content (AvgIpc) is 3.29. The summed E-state index contributed by atoms with van der Waals surface area (Å²) in [7, 11) is -1.07. The molecule has 34 heavy (non-hydrogen) atoms. The molecule has 2 amide bonds. The van der Waals surface area contributed by atoms with Gasteiger partial charge in [-0.15, -0.1) is 11.3 Å². The molecule has 4 rings (SSSR count). The summed E-state index contributed by atoms with van der Waals surface area (Å²) in [6.07, 6.45) is 3.41. The summed E-state index contributed by atoms with van der Waals surface area (Å²) in [6.45, 7) is 0. The first-order chi connectivity index (χ1) is 16.2. The minimum atomic E-state index is -4.08. The van der Waals surface area contributed by atoms with Gasteiger partial charge in [0.25, 0.3) is 5.91 Å². The summed E-state index contributed by atoms with van der Waals surface area (Å²) < 4.78 is 32.5. The van der Waals surface area contributed by atoms with Crippen molar-refractivity contribution in [2.75, 3.05) is 23.9 Å². The Balaban J connectivity index is 1.48. The monoisotopic (exact) mass is 521 g/mol. The van der Waals surface area contributed by atoms with E-state index < -0.39 is 39.1 Å². The molecule has 1 N–H and O–H groups in total. The molecule has 12 heteroatoms. The van der Waals surface area contributed by atoms with Crippen molar-refractivity contribution in [3.63, 3.8) is 0 Å². The molecule has 0 unspecified atom stereocenters. The molecule has 2 heterocycles. The highest BCUT2D eigenvalue weighted by atomic mass is 32.2. The Morgan fingerprint density at radius 2 is 1.85 bits per heavy atom. The molecule has 0 fully saturated rings. The summed E-state index contributed by atoms with van der Waals surface area (Å²) >= 11 is 2.54. The van der Waals surface area contributed by atoms with Crippen molar-refractivity contribution in [3.8, 4) is 0 Å². The van der Waals surface area contributed by atoms with E-state index in [1.54, 1.807) is 11.6 Å². The van der Waals surface area contributed by atoms with Crippen LogP contribution in [0, 0.1) is 0 Å². The van der Waals surface area contributed by atoms with Gasteiger partial charge in [-0.25, -0.2) is 13.2 Å². The number of methoxy groups -OCH3 is 1. The summed E-state index contributed by atoms with van der Waals surface area (Å²) in [4.78, 5) is 42.5. The van der Waals surface area contributed by atoms with Crippen LogP contribution in [0.3, 0.4) is 0 Å². The number of carbonyl (C=O) groups excluding carboxylic acids is 3. The second-order valence-corrected chi connectivity index (χ2v) is 12.1. The highest BCUT2D eigenvalue weighted by molar-refractivity contribution is 7.92. The number of hydrogen-bond donors (Lipinski definition) is 1. The summed E-state index contributed by atoms with van der Waals surface area (Å²) in [6, 6.07) is 7.49. The van der Waals surface area contributed by atoms with Gasteiger partial charge in [-0.1, -0.05) is 23.5 Å². The quantitative estimate of drug-likeness (QED) is 0.497. The first-order valence-corrected chi connectivity index (χ1v) is 14.0. The normalized spacial score (nSPS) is 14.1. The maximum absolute atomic E-state index is 12.5. The molecule has 1 aliphatic rings. The zero-order chi connectivity index (χ0) is 24.5. The Morgan fingerprint density at radius 1 is 1.12 bits per heavy atom. The van der Waals surface area contributed by atoms with Crippen molar-refractivity contribution < 1.29 is 27.5 Å². The summed E-state index contributed by atoms with van der Waals surface area (Å²) in [5, 5.41) is 2.83. The van der Waals surface area contributed by atoms with Crippen LogP contribution in [0.1, 0.15) is 33.6 Å². The first kappa shape index (κ1) is 24.3. The van der Waals surface area contributed by atoms with Gasteiger partial charge in [0.05, 0.1) is 22.9 Å². The Hall–Kier alpha value is -2.83. The van der Waals surface area contributed by atoms with E-state index in [2.05, 4.69) is 10.3 Å². The summed E-state index contributed by atoms with van der Waals surface area (Å²) in [5.74, 6) is -4.02. The second kappa shape index (κ2) is 9.80. The number of para-hydroxylation sites is 1. The molecule has 0 aliphatic heterocycles. The van der Waals surface area contributed by atoms with E-state index in [9.17, 15) is 22.8 Å². The lowest BCUT2D eigenvalue weighted by atomic mass is 9.95. The van der Waals surface area contributed by atoms with Gasteiger partial charge in [0.15, 0.2) is 14.6 Å². The van der Waals surface area contributed by atoms with Gasteiger partial charge in [0.2, 0.25) is 5.91 Å². The number of nitrogens with zero attached hydrogens (tertiary/aromatic N) is 2. The van der Waals surface area contributed by atoms with Crippen LogP contribution in [0.15, 0.2) is 29.3 Å². The van der Waals surface area contributed by atoms with Crippen LogP contribution in [0.2, 0.25) is 0 Å². The molecular weight excluding hydrogens is 498 g/mol. The molecule has 0 saturated heterocycles. The standard InChI is InChI=1S/C22H23N3O6S3/c1-25-14-8-4-6-10-16(14)33-22(25)24-18(27)12-34(29,30)11-17(26)23-20-19(21(28)31-2)13-7-3-5-9-15(13)32-20/h4,6,8,10H,3,5,7,9,11-12H2,1-2H3,(H,23,26). The first-order valence-electron chi connectivity index (χ1n) is 10.5. The third-order valence-electron chi connectivity index (χ3n) is 5.44. The number of aromatic nitrogens is 1. The van der Waals surface area contributed by atoms with E-state index in [1.165, 1.54) is 29.8 Å². The zero-order valence-corrected chi connectivity index (χ0v) is 21.1. The lowest BCUT2D eigenvalue weighted by Gasteiger charge is -2.11. The van der Waals surface area contributed by atoms with Crippen LogP contribution >= 0.6 is 22.7 Å². The molecule has 0 atom stereocenters. The number of anilines is 1. The van der Waals surface area contributed by atoms with Crippen molar-refractivity contribution in [1.29, 1.82) is 0 Å². The molecule has 0 saturated carbocycles. The number of ether oxygens (including phenoxy) is 1. The van der Waals surface area contributed by atoms with Crippen molar-refractivity contribution in [1.82, 2.24) is 4.57 Å². The summed E-state index contributed by atoms with van der Waals surface area (Å²) in [5.41, 5.74) is 2.02. The third kappa shape index (κ3) is 5.13. The lowest BCUT2D eigenvalue weighted by molar-refractivity contribution is -0.115. The van der Waals surface area contributed by atoms with Gasteiger partial charge in [-0.05, 0) is 43.4 Å². The van der Waals surface area contributed by atoms with Gasteiger partial charge in [0.1, 0.15) is 16.5 Å². The number of carbonyl (C=O) groups is 3. The number of sulfone groups is 1. The molecular formula is C22H23N3O6S3. The molecule has 3 aromatic rings. The Labute approximate surface area is 204 Å². The van der Waals surface area contributed by atoms with Crippen LogP contribution in [-0.2, 0) is 44.1 Å². The van der Waals surface area contributed by atoms with Gasteiger partial charge >= 0.3 is 5.97 Å². The van der Waals surface area contributed by atoms with Crippen LogP contribution in [0.5, 0.6) is 0 Å². The number of hydrogen-bond acceptors (Lipinski definition) is 8. The second-order valence-electron chi connectivity index (χ2n) is 7.90. The number of amides is 2. The van der Waals surface area contributed by atoms with Crippen LogP contribution in [0.25, 0.3) is 10.2 Å². The number of fused-ring (bicyclic) bond motifs is 2. The fourth-order valence-corrected chi connectivity index (χ4v) is 7.24. The predicted molar refractivity (Wildman–Crippen MR) is 131 cm³/mol. The fourth-order valence-electron chi connectivity index (χ4n) is 3.90. The van der Waals surface area contributed by atoms with Gasteiger partial charge in [-0.2, -0.15) is 4.99 Å². The minimum absolute atomic E-state index is 0.285. The van der Waals surface area contributed by atoms with Gasteiger partial charge in [-0.3, -0.25) is 9.59 Å². The maximum atomic E-state index is 12.5. The number of aryl methyl sites for hydroxylation is 2. The van der Waals surface area contributed by atoms with E-state index in [4.69, 9.17) is 4.74 Å². The van der Waals surface area contributed by atoms with E-state index in [0.717, 1.165) is 39.9 Å². The van der Waals surface area contributed by atoms with E-state index in [1.807, 2.05) is 24.3 Å². The molecule has 180 valence electrons. The highest BCUT2D eigenvalue weighted by Gasteiger charge is 2.28. The van der Waals surface area contributed by atoms with Crippen molar-refractivity contribution in [2.24, 2.45) is 12.0 Å². The number of thiophene rings is 1. The van der Waals surface area contributed by atoms with Crippen molar-refractivity contribution in [2.45, 2.75) is 25.7 Å². The number of nitrogens with one attached hydrogen (secondary N) is 1. The minimum Gasteiger partial charge on any atom is -0.465 e. The average molecular weight is 522 g/mol. The largest absolute Gasteiger partial charge is 0.465 e. The molecule has 0 spiro atoms. The number of esters is 1.